The molecule has 0 aromatic heterocycles. The highest BCUT2D eigenvalue weighted by molar-refractivity contribution is 7.80. The predicted molar refractivity (Wildman–Crippen MR) is 118 cm³/mol. The number of hydrogen-bond donors (Lipinski definition) is 2. The highest BCUT2D eigenvalue weighted by atomic mass is 32.1. The first-order chi connectivity index (χ1) is 15.0. The lowest BCUT2D eigenvalue weighted by Crippen LogP contribution is -2.51. The summed E-state index contributed by atoms with van der Waals surface area (Å²) in [5.41, 5.74) is 0.566. The summed E-state index contributed by atoms with van der Waals surface area (Å²) in [6.07, 6.45) is 1.46. The Bertz CT molecular complexity index is 982. The molecule has 31 heavy (non-hydrogen) atoms. The van der Waals surface area contributed by atoms with E-state index in [1.807, 2.05) is 31.2 Å². The van der Waals surface area contributed by atoms with Crippen molar-refractivity contribution in [3.63, 3.8) is 0 Å². The summed E-state index contributed by atoms with van der Waals surface area (Å²) < 4.78 is 22.2. The summed E-state index contributed by atoms with van der Waals surface area (Å²) in [6.45, 7) is 2.91. The van der Waals surface area contributed by atoms with Gasteiger partial charge in [-0.15, -0.1) is 0 Å². The van der Waals surface area contributed by atoms with Gasteiger partial charge in [0.1, 0.15) is 30.3 Å². The highest BCUT2D eigenvalue weighted by Gasteiger charge is 2.25. The van der Waals surface area contributed by atoms with E-state index in [1.165, 1.54) is 6.08 Å². The van der Waals surface area contributed by atoms with Crippen molar-refractivity contribution in [3.05, 3.63) is 53.6 Å². The zero-order chi connectivity index (χ0) is 22.2. The van der Waals surface area contributed by atoms with Crippen LogP contribution in [0.1, 0.15) is 12.5 Å². The van der Waals surface area contributed by atoms with Crippen LogP contribution < -0.4 is 29.6 Å². The molecule has 3 rings (SSSR count). The number of rotatable bonds is 9. The lowest BCUT2D eigenvalue weighted by atomic mass is 10.1. The fourth-order valence-corrected chi connectivity index (χ4v) is 2.94. The number of methoxy groups -OCH3 is 1. The van der Waals surface area contributed by atoms with Gasteiger partial charge in [-0.3, -0.25) is 20.2 Å². The normalized spacial score (nSPS) is 13.2. The first kappa shape index (κ1) is 22.1. The van der Waals surface area contributed by atoms with Gasteiger partial charge >= 0.3 is 0 Å². The Morgan fingerprint density at radius 1 is 0.871 bits per heavy atom. The molecule has 1 saturated heterocycles. The fourth-order valence-electron chi connectivity index (χ4n) is 2.76. The molecular formula is C22H22N2O6S. The van der Waals surface area contributed by atoms with Crippen molar-refractivity contribution in [2.75, 3.05) is 26.9 Å². The molecule has 0 aliphatic carbocycles. The van der Waals surface area contributed by atoms with Crippen LogP contribution in [-0.2, 0) is 9.59 Å². The molecule has 0 bridgehead atoms. The summed E-state index contributed by atoms with van der Waals surface area (Å²) in [5, 5.41) is 4.79. The molecule has 1 aliphatic rings. The minimum Gasteiger partial charge on any atom is -0.497 e. The van der Waals surface area contributed by atoms with Crippen molar-refractivity contribution in [1.82, 2.24) is 10.6 Å². The van der Waals surface area contributed by atoms with Crippen LogP contribution in [0.15, 0.2) is 48.0 Å². The minimum atomic E-state index is -0.553. The molecule has 0 radical (unpaired) electrons. The molecule has 0 unspecified atom stereocenters. The first-order valence-electron chi connectivity index (χ1n) is 9.55. The largest absolute Gasteiger partial charge is 0.497 e. The van der Waals surface area contributed by atoms with E-state index in [2.05, 4.69) is 10.6 Å². The zero-order valence-corrected chi connectivity index (χ0v) is 17.9. The monoisotopic (exact) mass is 442 g/mol. The Kier molecular flexibility index (Phi) is 7.45. The Hall–Kier alpha value is -3.59. The van der Waals surface area contributed by atoms with Gasteiger partial charge in [0.25, 0.3) is 11.8 Å². The van der Waals surface area contributed by atoms with Crippen LogP contribution >= 0.6 is 12.2 Å². The molecule has 2 aromatic rings. The maximum Gasteiger partial charge on any atom is 0.263 e. The summed E-state index contributed by atoms with van der Waals surface area (Å²) >= 11 is 4.80. The molecule has 2 N–H and O–H groups in total. The molecule has 1 aliphatic heterocycles. The maximum atomic E-state index is 12.0. The molecule has 2 amide bonds. The van der Waals surface area contributed by atoms with Gasteiger partial charge in [-0.25, -0.2) is 0 Å². The molecular weight excluding hydrogens is 420 g/mol. The lowest BCUT2D eigenvalue weighted by molar-refractivity contribution is -0.123. The fraction of sp³-hybridized carbons (Fsp3) is 0.227. The molecule has 0 atom stereocenters. The molecule has 0 spiro atoms. The number of benzene rings is 2. The molecule has 8 nitrogen and oxygen atoms in total. The minimum absolute atomic E-state index is 0.0113. The SMILES string of the molecule is CCOc1cc(C=C2C(=O)NC(=S)NC2=O)ccc1OCCOc1ccc(OC)cc1. The van der Waals surface area contributed by atoms with Crippen molar-refractivity contribution in [3.8, 4) is 23.0 Å². The van der Waals surface area contributed by atoms with Gasteiger partial charge in [0.15, 0.2) is 16.6 Å². The van der Waals surface area contributed by atoms with Gasteiger partial charge in [-0.2, -0.15) is 0 Å². The standard InChI is InChI=1S/C22H22N2O6S/c1-3-28-19-13-14(12-17-20(25)23-22(31)24-21(17)26)4-9-18(19)30-11-10-29-16-7-5-15(27-2)6-8-16/h4-9,12-13H,3,10-11H2,1-2H3,(H2,23,24,25,26,31). The number of amides is 2. The van der Waals surface area contributed by atoms with E-state index in [4.69, 9.17) is 31.2 Å². The average molecular weight is 442 g/mol. The van der Waals surface area contributed by atoms with Crippen molar-refractivity contribution in [2.24, 2.45) is 0 Å². The predicted octanol–water partition coefficient (Wildman–Crippen LogP) is 2.47. The number of carbonyl (C=O) groups excluding carboxylic acids is 2. The smallest absolute Gasteiger partial charge is 0.263 e. The Morgan fingerprint density at radius 2 is 1.52 bits per heavy atom. The summed E-state index contributed by atoms with van der Waals surface area (Å²) in [4.78, 5) is 24.0. The molecule has 162 valence electrons. The second kappa shape index (κ2) is 10.4. The van der Waals surface area contributed by atoms with E-state index >= 15 is 0 Å². The topological polar surface area (TPSA) is 95.1 Å². The second-order valence-corrected chi connectivity index (χ2v) is 6.72. The Balaban J connectivity index is 1.64. The van der Waals surface area contributed by atoms with Gasteiger partial charge in [-0.05, 0) is 67.2 Å². The van der Waals surface area contributed by atoms with Gasteiger partial charge in [0.05, 0.1) is 13.7 Å². The first-order valence-corrected chi connectivity index (χ1v) is 9.96. The van der Waals surface area contributed by atoms with E-state index in [9.17, 15) is 9.59 Å². The number of carbonyl (C=O) groups is 2. The van der Waals surface area contributed by atoms with Crippen LogP contribution in [0.2, 0.25) is 0 Å². The van der Waals surface area contributed by atoms with E-state index in [-0.39, 0.29) is 10.7 Å². The van der Waals surface area contributed by atoms with Crippen LogP contribution in [-0.4, -0.2) is 43.9 Å². The number of nitrogens with one attached hydrogen (secondary N) is 2. The van der Waals surface area contributed by atoms with Crippen molar-refractivity contribution >= 4 is 35.2 Å². The molecule has 2 aromatic carbocycles. The van der Waals surface area contributed by atoms with E-state index < -0.39 is 11.8 Å². The molecule has 1 heterocycles. The number of ether oxygens (including phenoxy) is 4. The van der Waals surface area contributed by atoms with E-state index in [1.54, 1.807) is 25.3 Å². The van der Waals surface area contributed by atoms with E-state index in [0.717, 1.165) is 5.75 Å². The highest BCUT2D eigenvalue weighted by Crippen LogP contribution is 2.29. The van der Waals surface area contributed by atoms with Gasteiger partial charge < -0.3 is 18.9 Å². The second-order valence-electron chi connectivity index (χ2n) is 6.31. The van der Waals surface area contributed by atoms with Crippen LogP contribution in [0.3, 0.4) is 0 Å². The number of thiocarbonyl (C=S) groups is 1. The van der Waals surface area contributed by atoms with Gasteiger partial charge in [-0.1, -0.05) is 6.07 Å². The lowest BCUT2D eigenvalue weighted by Gasteiger charge is -2.17. The van der Waals surface area contributed by atoms with Gasteiger partial charge in [0, 0.05) is 0 Å². The van der Waals surface area contributed by atoms with Crippen molar-refractivity contribution in [2.45, 2.75) is 6.92 Å². The van der Waals surface area contributed by atoms with Crippen LogP contribution in [0.25, 0.3) is 6.08 Å². The maximum absolute atomic E-state index is 12.0. The van der Waals surface area contributed by atoms with Crippen LogP contribution in [0.5, 0.6) is 23.0 Å². The zero-order valence-electron chi connectivity index (χ0n) is 17.1. The Labute approximate surface area is 185 Å². The molecule has 0 saturated carbocycles. The molecule has 1 fully saturated rings. The van der Waals surface area contributed by atoms with Crippen LogP contribution in [0.4, 0.5) is 0 Å². The van der Waals surface area contributed by atoms with Crippen molar-refractivity contribution < 1.29 is 28.5 Å². The summed E-state index contributed by atoms with van der Waals surface area (Å²) in [6, 6.07) is 12.4. The summed E-state index contributed by atoms with van der Waals surface area (Å²) in [5.74, 6) is 1.38. The third kappa shape index (κ3) is 5.95. The quantitative estimate of drug-likeness (QED) is 0.267. The van der Waals surface area contributed by atoms with Crippen molar-refractivity contribution in [1.29, 1.82) is 0 Å². The molecule has 9 heteroatoms. The van der Waals surface area contributed by atoms with E-state index in [0.29, 0.717) is 42.6 Å². The third-order valence-corrected chi connectivity index (χ3v) is 4.40. The Morgan fingerprint density at radius 3 is 2.16 bits per heavy atom. The van der Waals surface area contributed by atoms with Gasteiger partial charge in [0.2, 0.25) is 0 Å². The van der Waals surface area contributed by atoms with Crippen LogP contribution in [0, 0.1) is 0 Å². The summed E-state index contributed by atoms with van der Waals surface area (Å²) in [7, 11) is 1.61. The third-order valence-electron chi connectivity index (χ3n) is 4.19. The number of hydrogen-bond acceptors (Lipinski definition) is 7. The average Bonchev–Trinajstić information content (AvgIpc) is 2.75.